The van der Waals surface area contributed by atoms with Gasteiger partial charge in [0.15, 0.2) is 11.6 Å². The molecule has 1 saturated carbocycles. The van der Waals surface area contributed by atoms with Gasteiger partial charge in [-0.05, 0) is 62.3 Å². The maximum atomic E-state index is 13.9. The van der Waals surface area contributed by atoms with Crippen LogP contribution in [-0.4, -0.2) is 39.4 Å². The Bertz CT molecular complexity index is 1310. The molecular weight excluding hydrogens is 478 g/mol. The Kier molecular flexibility index (Phi) is 5.56. The fourth-order valence-corrected chi connectivity index (χ4v) is 7.49. The number of likely N-dealkylation sites (tertiary alicyclic amines) is 1. The quantitative estimate of drug-likeness (QED) is 0.354. The number of hydrogen-bond acceptors (Lipinski definition) is 5. The molecule has 0 bridgehead atoms. The molecule has 4 atom stereocenters. The van der Waals surface area contributed by atoms with E-state index in [1.807, 2.05) is 6.08 Å². The minimum atomic E-state index is -0.597. The van der Waals surface area contributed by atoms with E-state index < -0.39 is 17.8 Å². The van der Waals surface area contributed by atoms with Crippen molar-refractivity contribution in [2.24, 2.45) is 17.8 Å². The highest BCUT2D eigenvalue weighted by Gasteiger charge is 2.57. The lowest BCUT2D eigenvalue weighted by atomic mass is 9.59. The van der Waals surface area contributed by atoms with Gasteiger partial charge in [-0.3, -0.25) is 24.1 Å². The number of rotatable bonds is 2. The van der Waals surface area contributed by atoms with Crippen LogP contribution in [0.1, 0.15) is 63.4 Å². The summed E-state index contributed by atoms with van der Waals surface area (Å²) >= 11 is 6.58. The van der Waals surface area contributed by atoms with Gasteiger partial charge in [-0.25, -0.2) is 0 Å². The monoisotopic (exact) mass is 505 g/mol. The number of Topliss-reactive ketones (excluding diaryl/α,β-unsaturated/α-hetero) is 1. The number of amides is 2. The van der Waals surface area contributed by atoms with Gasteiger partial charge in [-0.15, -0.1) is 0 Å². The molecule has 1 saturated heterocycles. The third-order valence-electron chi connectivity index (χ3n) is 8.83. The molecule has 186 valence electrons. The first-order chi connectivity index (χ1) is 17.3. The van der Waals surface area contributed by atoms with Crippen LogP contribution in [0.5, 0.6) is 5.75 Å². The summed E-state index contributed by atoms with van der Waals surface area (Å²) < 4.78 is 0. The van der Waals surface area contributed by atoms with Crippen molar-refractivity contribution in [3.05, 3.63) is 63.2 Å². The summed E-state index contributed by atoms with van der Waals surface area (Å²) in [4.78, 5) is 55.5. The third-order valence-corrected chi connectivity index (χ3v) is 9.16. The smallest absolute Gasteiger partial charge is 0.233 e. The van der Waals surface area contributed by atoms with Crippen LogP contribution in [0.15, 0.2) is 52.6 Å². The number of carbonyl (C=O) groups excluding carboxylic acids is 4. The number of aromatic hydroxyl groups is 1. The Morgan fingerprint density at radius 2 is 1.75 bits per heavy atom. The van der Waals surface area contributed by atoms with Gasteiger partial charge in [-0.2, -0.15) is 0 Å². The van der Waals surface area contributed by atoms with Gasteiger partial charge >= 0.3 is 0 Å². The zero-order valence-corrected chi connectivity index (χ0v) is 20.9. The largest absolute Gasteiger partial charge is 0.508 e. The molecule has 0 radical (unpaired) electrons. The second-order valence-electron chi connectivity index (χ2n) is 10.8. The van der Waals surface area contributed by atoms with Crippen molar-refractivity contribution in [2.75, 3.05) is 0 Å². The minimum Gasteiger partial charge on any atom is -0.508 e. The van der Waals surface area contributed by atoms with E-state index in [2.05, 4.69) is 0 Å². The minimum absolute atomic E-state index is 0.00415. The van der Waals surface area contributed by atoms with Crippen molar-refractivity contribution < 1.29 is 24.3 Å². The maximum absolute atomic E-state index is 13.9. The molecule has 1 N–H and O–H groups in total. The van der Waals surface area contributed by atoms with E-state index >= 15 is 0 Å². The van der Waals surface area contributed by atoms with E-state index in [9.17, 15) is 24.3 Å². The van der Waals surface area contributed by atoms with Crippen molar-refractivity contribution in [3.8, 4) is 5.75 Å². The van der Waals surface area contributed by atoms with E-state index in [1.165, 1.54) is 23.1 Å². The molecule has 0 aromatic heterocycles. The van der Waals surface area contributed by atoms with Crippen molar-refractivity contribution in [3.63, 3.8) is 0 Å². The Labute approximate surface area is 214 Å². The molecule has 2 amide bonds. The van der Waals surface area contributed by atoms with Crippen LogP contribution < -0.4 is 0 Å². The molecule has 4 unspecified atom stereocenters. The fraction of sp³-hybridized carbons (Fsp3) is 0.448. The highest BCUT2D eigenvalue weighted by atomic mass is 35.5. The summed E-state index contributed by atoms with van der Waals surface area (Å²) in [6.45, 7) is 1.64. The molecular formula is C29H28ClNO5. The molecule has 36 heavy (non-hydrogen) atoms. The number of fused-ring (bicyclic) bond motifs is 3. The van der Waals surface area contributed by atoms with Gasteiger partial charge in [0.1, 0.15) is 5.75 Å². The molecule has 1 heterocycles. The second-order valence-corrected chi connectivity index (χ2v) is 11.2. The number of halogens is 1. The van der Waals surface area contributed by atoms with Crippen LogP contribution in [-0.2, 0) is 19.2 Å². The number of phenols is 1. The van der Waals surface area contributed by atoms with Crippen molar-refractivity contribution in [1.82, 2.24) is 4.90 Å². The molecule has 6 nitrogen and oxygen atoms in total. The zero-order valence-electron chi connectivity index (χ0n) is 20.1. The number of carbonyl (C=O) groups is 4. The molecule has 2 fully saturated rings. The van der Waals surface area contributed by atoms with Crippen LogP contribution in [0.4, 0.5) is 0 Å². The number of allylic oxidation sites excluding steroid dienone is 6. The highest BCUT2D eigenvalue weighted by Crippen LogP contribution is 2.56. The summed E-state index contributed by atoms with van der Waals surface area (Å²) in [6, 6.07) is 4.58. The molecule has 1 aliphatic heterocycles. The van der Waals surface area contributed by atoms with E-state index in [-0.39, 0.29) is 47.5 Å². The summed E-state index contributed by atoms with van der Waals surface area (Å²) in [5.41, 5.74) is 2.70. The number of phenolic OH excluding ortho intramolecular Hbond substituents is 1. The fourth-order valence-electron chi connectivity index (χ4n) is 7.21. The number of ketones is 2. The van der Waals surface area contributed by atoms with E-state index in [4.69, 9.17) is 11.6 Å². The Balaban J connectivity index is 1.47. The van der Waals surface area contributed by atoms with Crippen LogP contribution in [0, 0.1) is 17.8 Å². The van der Waals surface area contributed by atoms with Gasteiger partial charge in [-0.1, -0.05) is 48.6 Å². The van der Waals surface area contributed by atoms with Crippen LogP contribution in [0.3, 0.4) is 0 Å². The summed E-state index contributed by atoms with van der Waals surface area (Å²) in [5, 5.41) is 10.2. The summed E-state index contributed by atoms with van der Waals surface area (Å²) in [6.07, 6.45) is 8.93. The first-order valence-corrected chi connectivity index (χ1v) is 13.2. The average molecular weight is 506 g/mol. The van der Waals surface area contributed by atoms with Crippen LogP contribution in [0.2, 0.25) is 5.02 Å². The lowest BCUT2D eigenvalue weighted by molar-refractivity contribution is -0.143. The predicted octanol–water partition coefficient (Wildman–Crippen LogP) is 4.81. The average Bonchev–Trinajstić information content (AvgIpc) is 3.12. The van der Waals surface area contributed by atoms with Crippen molar-refractivity contribution >= 4 is 35.0 Å². The maximum Gasteiger partial charge on any atom is 0.233 e. The first kappa shape index (κ1) is 23.4. The lowest BCUT2D eigenvalue weighted by Gasteiger charge is -2.42. The predicted molar refractivity (Wildman–Crippen MR) is 133 cm³/mol. The first-order valence-electron chi connectivity index (χ1n) is 12.8. The Hall–Kier alpha value is -2.99. The summed E-state index contributed by atoms with van der Waals surface area (Å²) in [5.74, 6) is -2.56. The van der Waals surface area contributed by atoms with Gasteiger partial charge in [0.25, 0.3) is 0 Å². The zero-order chi connectivity index (χ0) is 25.3. The normalized spacial score (nSPS) is 30.7. The number of hydrogen-bond donors (Lipinski definition) is 1. The molecule has 5 aliphatic rings. The van der Waals surface area contributed by atoms with Crippen LogP contribution in [0.25, 0.3) is 0 Å². The topological polar surface area (TPSA) is 91.8 Å². The standard InChI is InChI=1S/C29H28ClNO5/c1-14-11-23(33)26-21(27(14)34)13-20-17(24(26)18-8-7-16(32)12-22(18)30)9-10-19-25(20)29(36)31(28(19)35)15-5-3-2-4-6-15/h7-9,11-12,15,19-20,24-25,32H,2-6,10,13H2,1H3. The van der Waals surface area contributed by atoms with Gasteiger partial charge < -0.3 is 5.11 Å². The third kappa shape index (κ3) is 3.37. The number of benzene rings is 1. The lowest BCUT2D eigenvalue weighted by Crippen LogP contribution is -2.43. The van der Waals surface area contributed by atoms with Gasteiger partial charge in [0, 0.05) is 33.7 Å². The van der Waals surface area contributed by atoms with E-state index in [1.54, 1.807) is 13.0 Å². The van der Waals surface area contributed by atoms with Gasteiger partial charge in [0.05, 0.1) is 11.8 Å². The molecule has 1 aromatic carbocycles. The second kappa shape index (κ2) is 8.55. The summed E-state index contributed by atoms with van der Waals surface area (Å²) in [7, 11) is 0. The molecule has 4 aliphatic carbocycles. The highest BCUT2D eigenvalue weighted by molar-refractivity contribution is 6.32. The number of imide groups is 1. The molecule has 0 spiro atoms. The molecule has 7 heteroatoms. The van der Waals surface area contributed by atoms with Gasteiger partial charge in [0.2, 0.25) is 11.8 Å². The Morgan fingerprint density at radius 1 is 1.00 bits per heavy atom. The van der Waals surface area contributed by atoms with E-state index in [0.29, 0.717) is 33.7 Å². The van der Waals surface area contributed by atoms with Crippen molar-refractivity contribution in [2.45, 2.75) is 63.8 Å². The number of nitrogens with zero attached hydrogens (tertiary/aromatic N) is 1. The van der Waals surface area contributed by atoms with Crippen molar-refractivity contribution in [1.29, 1.82) is 0 Å². The molecule has 6 rings (SSSR count). The van der Waals surface area contributed by atoms with E-state index in [0.717, 1.165) is 37.7 Å². The van der Waals surface area contributed by atoms with Crippen LogP contribution >= 0.6 is 11.6 Å². The molecule has 1 aromatic rings. The SMILES string of the molecule is CC1=CC(=O)C2=C(CC3C(=CCC4C(=O)N(C5CCCCC5)C(=O)C43)C2c2ccc(O)cc2Cl)C1=O. The Morgan fingerprint density at radius 3 is 2.47 bits per heavy atom.